The molecule has 1 saturated heterocycles. The van der Waals surface area contributed by atoms with E-state index in [0.29, 0.717) is 17.5 Å². The Hall–Kier alpha value is -2.91. The molecule has 1 aromatic heterocycles. The standard InChI is InChI=1S/C19H17N3O2S/c1-21-16(10-13-6-3-4-7-14(13)12-20)18(23)22(2)17(19(21)24)11-15-8-5-9-25-15/h3-10,17H,11H2,1-2H3. The number of hydrogen-bond donors (Lipinski definition) is 0. The molecule has 5 nitrogen and oxygen atoms in total. The average molecular weight is 351 g/mol. The summed E-state index contributed by atoms with van der Waals surface area (Å²) in [6.07, 6.45) is 2.11. The summed E-state index contributed by atoms with van der Waals surface area (Å²) in [5.41, 5.74) is 1.36. The highest BCUT2D eigenvalue weighted by Gasteiger charge is 2.39. The number of piperazine rings is 1. The smallest absolute Gasteiger partial charge is 0.271 e. The van der Waals surface area contributed by atoms with Crippen molar-refractivity contribution in [1.29, 1.82) is 5.26 Å². The molecule has 1 aliphatic rings. The quantitative estimate of drug-likeness (QED) is 0.798. The number of likely N-dealkylation sites (N-methyl/N-ethyl adjacent to an activating group) is 2. The molecule has 126 valence electrons. The summed E-state index contributed by atoms with van der Waals surface area (Å²) < 4.78 is 0. The molecular weight excluding hydrogens is 334 g/mol. The van der Waals surface area contributed by atoms with E-state index < -0.39 is 6.04 Å². The zero-order chi connectivity index (χ0) is 18.0. The van der Waals surface area contributed by atoms with E-state index in [2.05, 4.69) is 6.07 Å². The first-order valence-corrected chi connectivity index (χ1v) is 8.69. The summed E-state index contributed by atoms with van der Waals surface area (Å²) in [5.74, 6) is -0.354. The van der Waals surface area contributed by atoms with Crippen molar-refractivity contribution in [3.05, 3.63) is 63.5 Å². The Kier molecular flexibility index (Phi) is 4.68. The number of nitrogens with zero attached hydrogens (tertiary/aromatic N) is 3. The summed E-state index contributed by atoms with van der Waals surface area (Å²) in [6, 6.07) is 12.5. The molecule has 1 atom stereocenters. The lowest BCUT2D eigenvalue weighted by Crippen LogP contribution is -2.56. The molecule has 1 fully saturated rings. The Morgan fingerprint density at radius 2 is 1.96 bits per heavy atom. The molecule has 0 aliphatic carbocycles. The number of rotatable bonds is 3. The third-order valence-corrected chi connectivity index (χ3v) is 5.23. The number of amides is 2. The third kappa shape index (κ3) is 3.19. The first-order valence-electron chi connectivity index (χ1n) is 7.81. The Bertz CT molecular complexity index is 880. The van der Waals surface area contributed by atoms with Gasteiger partial charge in [-0.2, -0.15) is 5.26 Å². The van der Waals surface area contributed by atoms with E-state index in [-0.39, 0.29) is 17.5 Å². The first kappa shape index (κ1) is 16.9. The topological polar surface area (TPSA) is 64.4 Å². The van der Waals surface area contributed by atoms with Crippen molar-refractivity contribution in [2.75, 3.05) is 14.1 Å². The van der Waals surface area contributed by atoms with Crippen molar-refractivity contribution < 1.29 is 9.59 Å². The van der Waals surface area contributed by atoms with E-state index in [1.807, 2.05) is 17.5 Å². The summed E-state index contributed by atoms with van der Waals surface area (Å²) in [7, 11) is 3.25. The van der Waals surface area contributed by atoms with E-state index in [4.69, 9.17) is 0 Å². The lowest BCUT2D eigenvalue weighted by molar-refractivity contribution is -0.148. The van der Waals surface area contributed by atoms with Gasteiger partial charge in [-0.3, -0.25) is 9.59 Å². The Morgan fingerprint density at radius 3 is 2.64 bits per heavy atom. The largest absolute Gasteiger partial charge is 0.328 e. The lowest BCUT2D eigenvalue weighted by atomic mass is 10.0. The Balaban J connectivity index is 1.94. The summed E-state index contributed by atoms with van der Waals surface area (Å²) in [5, 5.41) is 11.2. The molecule has 3 rings (SSSR count). The average Bonchev–Trinajstić information content (AvgIpc) is 3.14. The number of carbonyl (C=O) groups is 2. The van der Waals surface area contributed by atoms with Gasteiger partial charge in [0.2, 0.25) is 5.91 Å². The molecule has 1 unspecified atom stereocenters. The molecule has 0 bridgehead atoms. The second-order valence-corrected chi connectivity index (χ2v) is 6.87. The van der Waals surface area contributed by atoms with Crippen molar-refractivity contribution in [1.82, 2.24) is 9.80 Å². The van der Waals surface area contributed by atoms with Gasteiger partial charge in [0.25, 0.3) is 5.91 Å². The van der Waals surface area contributed by atoms with Crippen LogP contribution in [0.15, 0.2) is 47.5 Å². The molecule has 1 aromatic carbocycles. The van der Waals surface area contributed by atoms with Crippen LogP contribution in [-0.4, -0.2) is 41.8 Å². The van der Waals surface area contributed by atoms with Crippen molar-refractivity contribution in [3.8, 4) is 6.07 Å². The van der Waals surface area contributed by atoms with Crippen LogP contribution in [0.1, 0.15) is 16.0 Å². The van der Waals surface area contributed by atoms with E-state index in [1.54, 1.807) is 55.8 Å². The molecule has 2 heterocycles. The van der Waals surface area contributed by atoms with Crippen LogP contribution < -0.4 is 0 Å². The molecule has 6 heteroatoms. The van der Waals surface area contributed by atoms with Crippen LogP contribution in [0.25, 0.3) is 6.08 Å². The molecule has 0 radical (unpaired) electrons. The molecule has 25 heavy (non-hydrogen) atoms. The zero-order valence-corrected chi connectivity index (χ0v) is 14.8. The number of carbonyl (C=O) groups excluding carboxylic acids is 2. The predicted molar refractivity (Wildman–Crippen MR) is 96.5 cm³/mol. The fourth-order valence-electron chi connectivity index (χ4n) is 2.85. The normalized spacial score (nSPS) is 19.4. The third-order valence-electron chi connectivity index (χ3n) is 4.33. The van der Waals surface area contributed by atoms with Crippen LogP contribution in [0.3, 0.4) is 0 Å². The van der Waals surface area contributed by atoms with Gasteiger partial charge < -0.3 is 9.80 Å². The fourth-order valence-corrected chi connectivity index (χ4v) is 3.59. The van der Waals surface area contributed by atoms with Gasteiger partial charge in [-0.1, -0.05) is 24.3 Å². The van der Waals surface area contributed by atoms with Crippen LogP contribution in [0.2, 0.25) is 0 Å². The Labute approximate surface area is 150 Å². The van der Waals surface area contributed by atoms with Crippen LogP contribution in [0, 0.1) is 11.3 Å². The minimum absolute atomic E-state index is 0.129. The van der Waals surface area contributed by atoms with Gasteiger partial charge >= 0.3 is 0 Å². The van der Waals surface area contributed by atoms with Crippen molar-refractivity contribution in [2.45, 2.75) is 12.5 Å². The number of nitriles is 1. The van der Waals surface area contributed by atoms with Crippen LogP contribution in [0.4, 0.5) is 0 Å². The summed E-state index contributed by atoms with van der Waals surface area (Å²) >= 11 is 1.57. The number of hydrogen-bond acceptors (Lipinski definition) is 4. The summed E-state index contributed by atoms with van der Waals surface area (Å²) in [4.78, 5) is 29.6. The highest BCUT2D eigenvalue weighted by Crippen LogP contribution is 2.25. The lowest BCUT2D eigenvalue weighted by Gasteiger charge is -2.38. The van der Waals surface area contributed by atoms with Crippen LogP contribution in [0.5, 0.6) is 0 Å². The predicted octanol–water partition coefficient (Wildman–Crippen LogP) is 2.50. The van der Waals surface area contributed by atoms with Crippen LogP contribution >= 0.6 is 11.3 Å². The van der Waals surface area contributed by atoms with E-state index in [1.165, 1.54) is 9.80 Å². The molecular formula is C19H17N3O2S. The van der Waals surface area contributed by atoms with E-state index >= 15 is 0 Å². The highest BCUT2D eigenvalue weighted by molar-refractivity contribution is 7.09. The summed E-state index contributed by atoms with van der Waals surface area (Å²) in [6.45, 7) is 0. The van der Waals surface area contributed by atoms with Gasteiger partial charge in [0, 0.05) is 25.4 Å². The van der Waals surface area contributed by atoms with Gasteiger partial charge in [0.05, 0.1) is 11.6 Å². The minimum Gasteiger partial charge on any atom is -0.328 e. The number of benzene rings is 1. The fraction of sp³-hybridized carbons (Fsp3) is 0.211. The molecule has 0 N–H and O–H groups in total. The molecule has 1 aliphatic heterocycles. The highest BCUT2D eigenvalue weighted by atomic mass is 32.1. The van der Waals surface area contributed by atoms with E-state index in [0.717, 1.165) is 4.88 Å². The van der Waals surface area contributed by atoms with Gasteiger partial charge in [-0.05, 0) is 29.2 Å². The van der Waals surface area contributed by atoms with Crippen molar-refractivity contribution in [2.24, 2.45) is 0 Å². The second kappa shape index (κ2) is 6.91. The molecule has 0 spiro atoms. The minimum atomic E-state index is -0.514. The maximum absolute atomic E-state index is 12.8. The van der Waals surface area contributed by atoms with Gasteiger partial charge in [-0.15, -0.1) is 11.3 Å². The van der Waals surface area contributed by atoms with Crippen molar-refractivity contribution >= 4 is 29.2 Å². The van der Waals surface area contributed by atoms with Gasteiger partial charge in [0.15, 0.2) is 0 Å². The first-order chi connectivity index (χ1) is 12.0. The zero-order valence-electron chi connectivity index (χ0n) is 14.0. The monoisotopic (exact) mass is 351 g/mol. The Morgan fingerprint density at radius 1 is 1.20 bits per heavy atom. The SMILES string of the molecule is CN1C(=O)C(Cc2cccs2)N(C)C(=O)C1=Cc1ccccc1C#N. The molecule has 2 amide bonds. The van der Waals surface area contributed by atoms with Gasteiger partial charge in [0.1, 0.15) is 11.7 Å². The molecule has 0 saturated carbocycles. The molecule has 2 aromatic rings. The van der Waals surface area contributed by atoms with Crippen molar-refractivity contribution in [3.63, 3.8) is 0 Å². The second-order valence-electron chi connectivity index (χ2n) is 5.84. The van der Waals surface area contributed by atoms with E-state index in [9.17, 15) is 14.9 Å². The number of thiophene rings is 1. The maximum Gasteiger partial charge on any atom is 0.271 e. The maximum atomic E-state index is 12.8. The van der Waals surface area contributed by atoms with Gasteiger partial charge in [-0.25, -0.2) is 0 Å². The van der Waals surface area contributed by atoms with Crippen LogP contribution in [-0.2, 0) is 16.0 Å².